The Hall–Kier alpha value is -3.25. The smallest absolute Gasteiger partial charge is 0.262 e. The Morgan fingerprint density at radius 2 is 1.50 bits per heavy atom. The summed E-state index contributed by atoms with van der Waals surface area (Å²) in [6.45, 7) is 1.58. The number of carbonyl (C=O) groups is 3. The van der Waals surface area contributed by atoms with E-state index in [0.29, 0.717) is 11.1 Å². The highest BCUT2D eigenvalue weighted by Gasteiger charge is 2.41. The van der Waals surface area contributed by atoms with E-state index in [1.165, 1.54) is 0 Å². The normalized spacial score (nSPS) is 15.2. The predicted molar refractivity (Wildman–Crippen MR) is 107 cm³/mol. The minimum Gasteiger partial charge on any atom is -0.343 e. The van der Waals surface area contributed by atoms with Gasteiger partial charge in [0.25, 0.3) is 11.8 Å². The number of imide groups is 1. The fraction of sp³-hybridized carbons (Fsp3) is 0.136. The van der Waals surface area contributed by atoms with Crippen LogP contribution in [0.25, 0.3) is 0 Å². The van der Waals surface area contributed by atoms with Crippen LogP contribution in [0.5, 0.6) is 0 Å². The Morgan fingerprint density at radius 1 is 0.893 bits per heavy atom. The van der Waals surface area contributed by atoms with Crippen molar-refractivity contribution < 1.29 is 14.4 Å². The zero-order valence-electron chi connectivity index (χ0n) is 15.2. The molecule has 0 fully saturated rings. The van der Waals surface area contributed by atoms with E-state index in [0.717, 1.165) is 15.3 Å². The quantitative estimate of drug-likeness (QED) is 0.677. The van der Waals surface area contributed by atoms with Crippen LogP contribution in [0, 0.1) is 0 Å². The average molecular weight is 390 g/mol. The van der Waals surface area contributed by atoms with Gasteiger partial charge in [0.1, 0.15) is 6.04 Å². The Bertz CT molecular complexity index is 996. The second-order valence-corrected chi connectivity index (χ2v) is 7.55. The summed E-state index contributed by atoms with van der Waals surface area (Å²) in [6, 6.07) is 18.9. The van der Waals surface area contributed by atoms with Gasteiger partial charge < -0.3 is 5.32 Å². The molecule has 2 aromatic carbocycles. The largest absolute Gasteiger partial charge is 0.343 e. The summed E-state index contributed by atoms with van der Waals surface area (Å²) in [6.07, 6.45) is 0. The number of carbonyl (C=O) groups excluding carboxylic acids is 3. The van der Waals surface area contributed by atoms with Crippen LogP contribution in [-0.2, 0) is 4.79 Å². The lowest BCUT2D eigenvalue weighted by Crippen LogP contribution is -2.48. The Kier molecular flexibility index (Phi) is 4.79. The SMILES string of the molecule is CC(C(=O)NC(c1ccccc1)c1cccs1)N1C(=O)c2ccccc2C1=O. The molecule has 2 atom stereocenters. The molecule has 1 aliphatic rings. The molecular formula is C22H18N2O3S. The molecular weight excluding hydrogens is 372 g/mol. The molecule has 1 aliphatic heterocycles. The number of rotatable bonds is 5. The molecule has 4 rings (SSSR count). The summed E-state index contributed by atoms with van der Waals surface area (Å²) in [4.78, 5) is 40.3. The number of thiophene rings is 1. The molecule has 0 saturated carbocycles. The molecule has 0 aliphatic carbocycles. The van der Waals surface area contributed by atoms with Gasteiger partial charge in [-0.25, -0.2) is 0 Å². The minimum atomic E-state index is -0.918. The molecule has 140 valence electrons. The summed E-state index contributed by atoms with van der Waals surface area (Å²) in [5.41, 5.74) is 1.61. The lowest BCUT2D eigenvalue weighted by molar-refractivity contribution is -0.125. The molecule has 3 aromatic rings. The van der Waals surface area contributed by atoms with Crippen molar-refractivity contribution in [2.24, 2.45) is 0 Å². The van der Waals surface area contributed by atoms with Crippen molar-refractivity contribution in [3.05, 3.63) is 93.7 Å². The van der Waals surface area contributed by atoms with Gasteiger partial charge in [-0.05, 0) is 36.1 Å². The van der Waals surface area contributed by atoms with Crippen LogP contribution >= 0.6 is 11.3 Å². The van der Waals surface area contributed by atoms with Crippen molar-refractivity contribution >= 4 is 29.1 Å². The van der Waals surface area contributed by atoms with E-state index in [-0.39, 0.29) is 11.9 Å². The zero-order valence-corrected chi connectivity index (χ0v) is 16.0. The fourth-order valence-corrected chi connectivity index (χ4v) is 4.16. The number of amides is 3. The molecule has 1 N–H and O–H groups in total. The first kappa shape index (κ1) is 18.1. The van der Waals surface area contributed by atoms with Crippen molar-refractivity contribution in [1.82, 2.24) is 10.2 Å². The molecule has 1 aromatic heterocycles. The van der Waals surface area contributed by atoms with E-state index in [4.69, 9.17) is 0 Å². The van der Waals surface area contributed by atoms with Crippen molar-refractivity contribution in [2.45, 2.75) is 19.0 Å². The highest BCUT2D eigenvalue weighted by molar-refractivity contribution is 7.10. The average Bonchev–Trinajstić information content (AvgIpc) is 3.34. The Morgan fingerprint density at radius 3 is 2.07 bits per heavy atom. The molecule has 2 unspecified atom stereocenters. The topological polar surface area (TPSA) is 66.5 Å². The first-order chi connectivity index (χ1) is 13.6. The number of hydrogen-bond donors (Lipinski definition) is 1. The van der Waals surface area contributed by atoms with Crippen LogP contribution in [0.15, 0.2) is 72.1 Å². The van der Waals surface area contributed by atoms with Gasteiger partial charge in [-0.15, -0.1) is 11.3 Å². The van der Waals surface area contributed by atoms with E-state index < -0.39 is 17.9 Å². The standard InChI is InChI=1S/C22H18N2O3S/c1-14(24-21(26)16-10-5-6-11-17(16)22(24)27)20(25)23-19(18-12-7-13-28-18)15-8-3-2-4-9-15/h2-14,19H,1H3,(H,23,25). The fourth-order valence-electron chi connectivity index (χ4n) is 3.36. The summed E-state index contributed by atoms with van der Waals surface area (Å²) >= 11 is 1.54. The lowest BCUT2D eigenvalue weighted by atomic mass is 10.0. The van der Waals surface area contributed by atoms with Crippen molar-refractivity contribution in [3.8, 4) is 0 Å². The highest BCUT2D eigenvalue weighted by Crippen LogP contribution is 2.28. The molecule has 0 saturated heterocycles. The van der Waals surface area contributed by atoms with Crippen LogP contribution in [-0.4, -0.2) is 28.7 Å². The second kappa shape index (κ2) is 7.40. The number of nitrogens with one attached hydrogen (secondary N) is 1. The third-order valence-electron chi connectivity index (χ3n) is 4.84. The van der Waals surface area contributed by atoms with Crippen LogP contribution in [0.1, 0.15) is 44.1 Å². The van der Waals surface area contributed by atoms with Crippen LogP contribution in [0.2, 0.25) is 0 Å². The number of nitrogens with zero attached hydrogens (tertiary/aromatic N) is 1. The van der Waals surface area contributed by atoms with Gasteiger partial charge in [-0.3, -0.25) is 19.3 Å². The maximum atomic E-state index is 13.0. The molecule has 0 radical (unpaired) electrons. The maximum Gasteiger partial charge on any atom is 0.262 e. The first-order valence-electron chi connectivity index (χ1n) is 8.93. The number of fused-ring (bicyclic) bond motifs is 1. The third kappa shape index (κ3) is 3.12. The highest BCUT2D eigenvalue weighted by atomic mass is 32.1. The van der Waals surface area contributed by atoms with Crippen LogP contribution in [0.4, 0.5) is 0 Å². The third-order valence-corrected chi connectivity index (χ3v) is 5.78. The first-order valence-corrected chi connectivity index (χ1v) is 9.81. The van der Waals surface area contributed by atoms with Crippen molar-refractivity contribution in [2.75, 3.05) is 0 Å². The van der Waals surface area contributed by atoms with Crippen molar-refractivity contribution in [1.29, 1.82) is 0 Å². The van der Waals surface area contributed by atoms with E-state index in [1.54, 1.807) is 42.5 Å². The van der Waals surface area contributed by atoms with Crippen LogP contribution < -0.4 is 5.32 Å². The van der Waals surface area contributed by atoms with E-state index >= 15 is 0 Å². The van der Waals surface area contributed by atoms with Gasteiger partial charge in [0.05, 0.1) is 17.2 Å². The van der Waals surface area contributed by atoms with Gasteiger partial charge in [0.15, 0.2) is 0 Å². The minimum absolute atomic E-state index is 0.338. The van der Waals surface area contributed by atoms with Gasteiger partial charge in [-0.1, -0.05) is 48.5 Å². The number of hydrogen-bond acceptors (Lipinski definition) is 4. The van der Waals surface area contributed by atoms with E-state index in [9.17, 15) is 14.4 Å². The summed E-state index contributed by atoms with van der Waals surface area (Å²) in [5, 5.41) is 4.96. The van der Waals surface area contributed by atoms with Gasteiger partial charge >= 0.3 is 0 Å². The van der Waals surface area contributed by atoms with Crippen LogP contribution in [0.3, 0.4) is 0 Å². The second-order valence-electron chi connectivity index (χ2n) is 6.57. The summed E-state index contributed by atoms with van der Waals surface area (Å²) in [5.74, 6) is -1.25. The molecule has 5 nitrogen and oxygen atoms in total. The van der Waals surface area contributed by atoms with E-state index in [2.05, 4.69) is 5.32 Å². The van der Waals surface area contributed by atoms with E-state index in [1.807, 2.05) is 47.8 Å². The maximum absolute atomic E-state index is 13.0. The number of benzene rings is 2. The van der Waals surface area contributed by atoms with Gasteiger partial charge in [0.2, 0.25) is 5.91 Å². The zero-order chi connectivity index (χ0) is 19.7. The molecule has 2 heterocycles. The molecule has 0 bridgehead atoms. The lowest BCUT2D eigenvalue weighted by Gasteiger charge is -2.25. The summed E-state index contributed by atoms with van der Waals surface area (Å²) < 4.78 is 0. The monoisotopic (exact) mass is 390 g/mol. The Balaban J connectivity index is 1.59. The molecule has 0 spiro atoms. The molecule has 28 heavy (non-hydrogen) atoms. The predicted octanol–water partition coefficient (Wildman–Crippen LogP) is 3.64. The Labute approximate surface area is 166 Å². The summed E-state index contributed by atoms with van der Waals surface area (Å²) in [7, 11) is 0. The molecule has 3 amide bonds. The van der Waals surface area contributed by atoms with Crippen molar-refractivity contribution in [3.63, 3.8) is 0 Å². The molecule has 6 heteroatoms. The van der Waals surface area contributed by atoms with Gasteiger partial charge in [0, 0.05) is 4.88 Å². The van der Waals surface area contributed by atoms with Gasteiger partial charge in [-0.2, -0.15) is 0 Å².